The Kier molecular flexibility index (Phi) is 8.24. The predicted molar refractivity (Wildman–Crippen MR) is 80.1 cm³/mol. The Morgan fingerprint density at radius 1 is 1.15 bits per heavy atom. The van der Waals surface area contributed by atoms with E-state index in [0.717, 1.165) is 25.7 Å². The molecule has 1 aliphatic heterocycles. The van der Waals surface area contributed by atoms with Gasteiger partial charge in [0.25, 0.3) is 0 Å². The van der Waals surface area contributed by atoms with Crippen molar-refractivity contribution in [3.05, 3.63) is 12.2 Å². The lowest BCUT2D eigenvalue weighted by atomic mass is 9.84. The van der Waals surface area contributed by atoms with Crippen LogP contribution < -0.4 is 0 Å². The summed E-state index contributed by atoms with van der Waals surface area (Å²) in [5, 5.41) is 0. The van der Waals surface area contributed by atoms with E-state index in [1.807, 2.05) is 0 Å². The molecule has 0 radical (unpaired) electrons. The molecule has 114 valence electrons. The zero-order chi connectivity index (χ0) is 14.8. The largest absolute Gasteiger partial charge is 0.393 e. The van der Waals surface area contributed by atoms with Crippen LogP contribution in [0.3, 0.4) is 0 Å². The summed E-state index contributed by atoms with van der Waals surface area (Å²) in [6, 6.07) is 0. The highest BCUT2D eigenvalue weighted by Crippen LogP contribution is 2.31. The van der Waals surface area contributed by atoms with Crippen LogP contribution in [-0.4, -0.2) is 11.9 Å². The first-order valence-corrected chi connectivity index (χ1v) is 8.08. The summed E-state index contributed by atoms with van der Waals surface area (Å²) in [7, 11) is 0. The first-order valence-electron chi connectivity index (χ1n) is 8.08. The highest BCUT2D eigenvalue weighted by atomic mass is 16.6. The second kappa shape index (κ2) is 9.73. The zero-order valence-electron chi connectivity index (χ0n) is 12.9. The number of rotatable bonds is 10. The van der Waals surface area contributed by atoms with Gasteiger partial charge < -0.3 is 4.74 Å². The van der Waals surface area contributed by atoms with Gasteiger partial charge in [-0.25, -0.2) is 0 Å². The number of cyclic esters (lactones) is 2. The fraction of sp³-hybridized carbons (Fsp3) is 0.765. The van der Waals surface area contributed by atoms with E-state index in [1.165, 1.54) is 25.7 Å². The summed E-state index contributed by atoms with van der Waals surface area (Å²) in [6.07, 6.45) is 13.6. The lowest BCUT2D eigenvalue weighted by Crippen LogP contribution is -2.19. The van der Waals surface area contributed by atoms with Crippen molar-refractivity contribution < 1.29 is 14.3 Å². The Balaban J connectivity index is 2.48. The molecule has 0 aromatic carbocycles. The second-order valence-corrected chi connectivity index (χ2v) is 5.71. The smallest absolute Gasteiger partial charge is 0.317 e. The van der Waals surface area contributed by atoms with Crippen molar-refractivity contribution in [2.24, 2.45) is 11.8 Å². The lowest BCUT2D eigenvalue weighted by Gasteiger charge is -2.18. The predicted octanol–water partition coefficient (Wildman–Crippen LogP) is 4.41. The van der Waals surface area contributed by atoms with Crippen molar-refractivity contribution in [2.45, 2.75) is 71.6 Å². The quantitative estimate of drug-likeness (QED) is 0.258. The molecule has 1 heterocycles. The van der Waals surface area contributed by atoms with Gasteiger partial charge in [0.05, 0.1) is 12.3 Å². The Bertz CT molecular complexity index is 333. The molecule has 3 nitrogen and oxygen atoms in total. The second-order valence-electron chi connectivity index (χ2n) is 5.71. The lowest BCUT2D eigenvalue weighted by molar-refractivity contribution is -0.153. The number of hydrogen-bond acceptors (Lipinski definition) is 3. The summed E-state index contributed by atoms with van der Waals surface area (Å²) in [6.45, 7) is 4.36. The van der Waals surface area contributed by atoms with Crippen LogP contribution in [0.2, 0.25) is 0 Å². The van der Waals surface area contributed by atoms with Gasteiger partial charge in [0.1, 0.15) is 0 Å². The molecule has 0 amide bonds. The molecule has 0 N–H and O–H groups in total. The van der Waals surface area contributed by atoms with Crippen LogP contribution in [0, 0.1) is 11.8 Å². The normalized spacial score (nSPS) is 20.6. The third-order valence-electron chi connectivity index (χ3n) is 3.98. The van der Waals surface area contributed by atoms with E-state index < -0.39 is 0 Å². The molecular formula is C17H28O3. The topological polar surface area (TPSA) is 43.4 Å². The highest BCUT2D eigenvalue weighted by Gasteiger charge is 2.38. The van der Waals surface area contributed by atoms with E-state index >= 15 is 0 Å². The Hall–Kier alpha value is -1.12. The minimum atomic E-state index is -0.351. The SMILES string of the molecule is CCCC/C=C/CC(CCCCC)C1CC(=O)OC1=O. The molecule has 0 bridgehead atoms. The molecule has 0 aliphatic carbocycles. The number of esters is 2. The van der Waals surface area contributed by atoms with Crippen molar-refractivity contribution in [1.82, 2.24) is 0 Å². The van der Waals surface area contributed by atoms with E-state index in [-0.39, 0.29) is 30.2 Å². The molecule has 2 atom stereocenters. The minimum absolute atomic E-state index is 0.213. The third kappa shape index (κ3) is 5.89. The number of carbonyl (C=O) groups excluding carboxylic acids is 2. The number of hydrogen-bond donors (Lipinski definition) is 0. The minimum Gasteiger partial charge on any atom is -0.393 e. The standard InChI is InChI=1S/C17H28O3/c1-3-5-7-8-10-12-14(11-9-6-4-2)15-13-16(18)20-17(15)19/h8,10,14-15H,3-7,9,11-13H2,1-2H3/b10-8+. The monoisotopic (exact) mass is 280 g/mol. The molecule has 3 heteroatoms. The van der Waals surface area contributed by atoms with E-state index in [9.17, 15) is 9.59 Å². The van der Waals surface area contributed by atoms with Crippen LogP contribution in [0.5, 0.6) is 0 Å². The van der Waals surface area contributed by atoms with Gasteiger partial charge in [-0.15, -0.1) is 0 Å². The van der Waals surface area contributed by atoms with Gasteiger partial charge in [0, 0.05) is 0 Å². The van der Waals surface area contributed by atoms with Crippen LogP contribution in [0.15, 0.2) is 12.2 Å². The Morgan fingerprint density at radius 2 is 1.90 bits per heavy atom. The first-order chi connectivity index (χ1) is 9.69. The average Bonchev–Trinajstić information content (AvgIpc) is 2.75. The van der Waals surface area contributed by atoms with Crippen LogP contribution in [0.4, 0.5) is 0 Å². The molecule has 2 unspecified atom stereocenters. The van der Waals surface area contributed by atoms with E-state index in [0.29, 0.717) is 0 Å². The molecule has 1 fully saturated rings. The van der Waals surface area contributed by atoms with Crippen LogP contribution >= 0.6 is 0 Å². The van der Waals surface area contributed by atoms with Crippen LogP contribution in [-0.2, 0) is 14.3 Å². The number of carbonyl (C=O) groups is 2. The maximum atomic E-state index is 11.7. The fourth-order valence-corrected chi connectivity index (χ4v) is 2.70. The number of ether oxygens (including phenoxy) is 1. The summed E-state index contributed by atoms with van der Waals surface area (Å²) in [4.78, 5) is 23.0. The maximum Gasteiger partial charge on any atom is 0.317 e. The number of allylic oxidation sites excluding steroid dienone is 2. The number of unbranched alkanes of at least 4 members (excludes halogenated alkanes) is 4. The van der Waals surface area contributed by atoms with Gasteiger partial charge in [0.2, 0.25) is 0 Å². The third-order valence-corrected chi connectivity index (χ3v) is 3.98. The van der Waals surface area contributed by atoms with Gasteiger partial charge in [0.15, 0.2) is 0 Å². The average molecular weight is 280 g/mol. The van der Waals surface area contributed by atoms with Gasteiger partial charge in [-0.3, -0.25) is 9.59 Å². The van der Waals surface area contributed by atoms with Gasteiger partial charge in [-0.05, 0) is 25.2 Å². The van der Waals surface area contributed by atoms with Gasteiger partial charge >= 0.3 is 11.9 Å². The van der Waals surface area contributed by atoms with E-state index in [1.54, 1.807) is 0 Å². The van der Waals surface area contributed by atoms with Crippen molar-refractivity contribution in [1.29, 1.82) is 0 Å². The Morgan fingerprint density at radius 3 is 2.50 bits per heavy atom. The summed E-state index contributed by atoms with van der Waals surface area (Å²) in [5.74, 6) is -0.609. The van der Waals surface area contributed by atoms with Crippen molar-refractivity contribution in [3.8, 4) is 0 Å². The molecule has 20 heavy (non-hydrogen) atoms. The molecule has 0 saturated carbocycles. The van der Waals surface area contributed by atoms with E-state index in [2.05, 4.69) is 26.0 Å². The van der Waals surface area contributed by atoms with E-state index in [4.69, 9.17) is 4.74 Å². The molecule has 0 aromatic rings. The molecule has 1 aliphatic rings. The highest BCUT2D eigenvalue weighted by molar-refractivity contribution is 5.94. The molecule has 1 rings (SSSR count). The molecular weight excluding hydrogens is 252 g/mol. The first kappa shape index (κ1) is 16.9. The van der Waals surface area contributed by atoms with Crippen molar-refractivity contribution in [3.63, 3.8) is 0 Å². The fourth-order valence-electron chi connectivity index (χ4n) is 2.70. The molecule has 0 aromatic heterocycles. The van der Waals surface area contributed by atoms with Crippen LogP contribution in [0.25, 0.3) is 0 Å². The van der Waals surface area contributed by atoms with Crippen molar-refractivity contribution >= 4 is 11.9 Å². The van der Waals surface area contributed by atoms with Gasteiger partial charge in [-0.1, -0.05) is 58.1 Å². The Labute approximate surface area is 122 Å². The summed E-state index contributed by atoms with van der Waals surface area (Å²) >= 11 is 0. The van der Waals surface area contributed by atoms with Crippen molar-refractivity contribution in [2.75, 3.05) is 0 Å². The summed E-state index contributed by atoms with van der Waals surface area (Å²) in [5.41, 5.74) is 0. The maximum absolute atomic E-state index is 11.7. The molecule has 1 saturated heterocycles. The molecule has 0 spiro atoms. The summed E-state index contributed by atoms with van der Waals surface area (Å²) < 4.78 is 4.70. The van der Waals surface area contributed by atoms with Gasteiger partial charge in [-0.2, -0.15) is 0 Å². The van der Waals surface area contributed by atoms with Crippen LogP contribution in [0.1, 0.15) is 71.6 Å². The zero-order valence-corrected chi connectivity index (χ0v) is 12.9.